The summed E-state index contributed by atoms with van der Waals surface area (Å²) in [4.78, 5) is 53.0. The van der Waals surface area contributed by atoms with Crippen LogP contribution in [0.2, 0.25) is 5.02 Å². The molecule has 45 heavy (non-hydrogen) atoms. The zero-order valence-electron chi connectivity index (χ0n) is 25.2. The molecule has 3 N–H and O–H groups in total. The van der Waals surface area contributed by atoms with Gasteiger partial charge in [0.15, 0.2) is 11.6 Å². The number of alkyl halides is 3. The molecule has 3 aromatic carbocycles. The maximum Gasteiger partial charge on any atom is 0.450 e. The Bertz CT molecular complexity index is 1490. The quantitative estimate of drug-likeness (QED) is 0.184. The fourth-order valence-electron chi connectivity index (χ4n) is 4.96. The van der Waals surface area contributed by atoms with E-state index < -0.39 is 53.9 Å². The van der Waals surface area contributed by atoms with Gasteiger partial charge in [-0.1, -0.05) is 74.0 Å². The third-order valence-corrected chi connectivity index (χ3v) is 7.82. The van der Waals surface area contributed by atoms with Gasteiger partial charge in [0.05, 0.1) is 7.11 Å². The number of hydrogen-bond acceptors (Lipinski definition) is 6. The number of ether oxygens (including phenoxy) is 1. The van der Waals surface area contributed by atoms with E-state index >= 15 is 0 Å². The van der Waals surface area contributed by atoms with E-state index in [1.807, 2.05) is 0 Å². The standard InChI is InChI=1S/C34H36ClF3N2O5/c1-20(2)28(32(43)34(36,37)38)18-30(42)31(24-11-13-27(45-3)14-12-24)40-33(44)25(15-22-5-4-6-26(35)16-22)17-29(41)23-9-7-21(19-39)8-10-23/h4-14,16,20,25,28,31H,15,17-19,39H2,1-3H3,(H,40,44)/t25-,28+,31+/m1/s1. The molecule has 0 aliphatic heterocycles. The Balaban J connectivity index is 1.96. The largest absolute Gasteiger partial charge is 0.497 e. The number of amides is 1. The van der Waals surface area contributed by atoms with Gasteiger partial charge in [0, 0.05) is 41.8 Å². The minimum absolute atomic E-state index is 0.0870. The highest BCUT2D eigenvalue weighted by molar-refractivity contribution is 6.30. The Morgan fingerprint density at radius 3 is 2.09 bits per heavy atom. The van der Waals surface area contributed by atoms with Gasteiger partial charge in [-0.05, 0) is 53.3 Å². The van der Waals surface area contributed by atoms with Crippen molar-refractivity contribution in [3.63, 3.8) is 0 Å². The van der Waals surface area contributed by atoms with Crippen molar-refractivity contribution in [2.75, 3.05) is 7.11 Å². The van der Waals surface area contributed by atoms with Crippen molar-refractivity contribution in [2.45, 2.75) is 51.9 Å². The van der Waals surface area contributed by atoms with Crippen LogP contribution in [0.4, 0.5) is 13.2 Å². The lowest BCUT2D eigenvalue weighted by Gasteiger charge is -2.26. The van der Waals surface area contributed by atoms with Crippen molar-refractivity contribution in [1.29, 1.82) is 0 Å². The first kappa shape index (κ1) is 35.5. The number of hydrogen-bond donors (Lipinski definition) is 2. The fourth-order valence-corrected chi connectivity index (χ4v) is 5.17. The van der Waals surface area contributed by atoms with Crippen molar-refractivity contribution < 1.29 is 37.1 Å². The number of nitrogens with two attached hydrogens (primary N) is 1. The van der Waals surface area contributed by atoms with Crippen molar-refractivity contribution in [3.05, 3.63) is 100 Å². The van der Waals surface area contributed by atoms with E-state index in [1.165, 1.54) is 33.1 Å². The van der Waals surface area contributed by atoms with E-state index in [0.717, 1.165) is 5.56 Å². The predicted molar refractivity (Wildman–Crippen MR) is 165 cm³/mol. The molecule has 3 atom stereocenters. The van der Waals surface area contributed by atoms with Gasteiger partial charge in [0.25, 0.3) is 0 Å². The molecule has 0 fully saturated rings. The number of carbonyl (C=O) groups is 4. The number of benzene rings is 3. The molecule has 3 aromatic rings. The van der Waals surface area contributed by atoms with Gasteiger partial charge in [0.1, 0.15) is 11.8 Å². The average Bonchev–Trinajstić information content (AvgIpc) is 3.01. The first-order valence-electron chi connectivity index (χ1n) is 14.4. The number of rotatable bonds is 15. The van der Waals surface area contributed by atoms with Crippen LogP contribution in [0.3, 0.4) is 0 Å². The van der Waals surface area contributed by atoms with Crippen molar-refractivity contribution >= 4 is 34.9 Å². The Hall–Kier alpha value is -4.02. The van der Waals surface area contributed by atoms with E-state index in [2.05, 4.69) is 5.32 Å². The molecule has 0 aliphatic rings. The Morgan fingerprint density at radius 1 is 0.911 bits per heavy atom. The number of nitrogens with one attached hydrogen (secondary N) is 1. The molecule has 0 saturated heterocycles. The minimum Gasteiger partial charge on any atom is -0.497 e. The fraction of sp³-hybridized carbons (Fsp3) is 0.353. The molecule has 0 bridgehead atoms. The van der Waals surface area contributed by atoms with Gasteiger partial charge in [-0.15, -0.1) is 0 Å². The summed E-state index contributed by atoms with van der Waals surface area (Å²) in [5.74, 6) is -6.75. The van der Waals surface area contributed by atoms with Gasteiger partial charge in [-0.3, -0.25) is 19.2 Å². The van der Waals surface area contributed by atoms with E-state index in [4.69, 9.17) is 22.1 Å². The molecule has 0 aliphatic carbocycles. The molecular weight excluding hydrogens is 609 g/mol. The van der Waals surface area contributed by atoms with Gasteiger partial charge >= 0.3 is 6.18 Å². The Labute approximate surface area is 265 Å². The lowest BCUT2D eigenvalue weighted by atomic mass is 9.84. The predicted octanol–water partition coefficient (Wildman–Crippen LogP) is 6.46. The van der Waals surface area contributed by atoms with Crippen LogP contribution in [0.5, 0.6) is 5.75 Å². The molecule has 0 spiro atoms. The van der Waals surface area contributed by atoms with Crippen LogP contribution >= 0.6 is 11.6 Å². The Kier molecular flexibility index (Phi) is 12.5. The molecule has 0 radical (unpaired) electrons. The first-order chi connectivity index (χ1) is 21.2. The third kappa shape index (κ3) is 9.99. The zero-order chi connectivity index (χ0) is 33.3. The summed E-state index contributed by atoms with van der Waals surface area (Å²) in [5, 5.41) is 3.11. The highest BCUT2D eigenvalue weighted by Gasteiger charge is 2.45. The number of ketones is 3. The summed E-state index contributed by atoms with van der Waals surface area (Å²) in [6.07, 6.45) is -6.02. The van der Waals surface area contributed by atoms with Crippen molar-refractivity contribution in [3.8, 4) is 5.75 Å². The van der Waals surface area contributed by atoms with Gasteiger partial charge in [-0.2, -0.15) is 13.2 Å². The summed E-state index contributed by atoms with van der Waals surface area (Å²) in [6, 6.07) is 18.1. The third-order valence-electron chi connectivity index (χ3n) is 7.59. The summed E-state index contributed by atoms with van der Waals surface area (Å²) in [6.45, 7) is 3.14. The Morgan fingerprint density at radius 2 is 1.56 bits per heavy atom. The van der Waals surface area contributed by atoms with Crippen LogP contribution in [-0.4, -0.2) is 36.5 Å². The lowest BCUT2D eigenvalue weighted by Crippen LogP contribution is -2.41. The molecular formula is C34H36ClF3N2O5. The second kappa shape index (κ2) is 15.8. The first-order valence-corrected chi connectivity index (χ1v) is 14.8. The van der Waals surface area contributed by atoms with Gasteiger partial charge in [-0.25, -0.2) is 0 Å². The molecule has 0 aromatic heterocycles. The van der Waals surface area contributed by atoms with Gasteiger partial charge < -0.3 is 15.8 Å². The smallest absolute Gasteiger partial charge is 0.450 e. The minimum atomic E-state index is -5.13. The highest BCUT2D eigenvalue weighted by atomic mass is 35.5. The van der Waals surface area contributed by atoms with E-state index in [0.29, 0.717) is 28.4 Å². The monoisotopic (exact) mass is 644 g/mol. The molecule has 0 heterocycles. The highest BCUT2D eigenvalue weighted by Crippen LogP contribution is 2.31. The van der Waals surface area contributed by atoms with Crippen LogP contribution in [0.1, 0.15) is 59.8 Å². The number of carbonyl (C=O) groups excluding carboxylic acids is 4. The maximum atomic E-state index is 13.9. The van der Waals surface area contributed by atoms with Crippen LogP contribution < -0.4 is 15.8 Å². The van der Waals surface area contributed by atoms with Gasteiger partial charge in [0.2, 0.25) is 11.7 Å². The molecule has 240 valence electrons. The second-order valence-electron chi connectivity index (χ2n) is 11.2. The molecule has 3 rings (SSSR count). The van der Waals surface area contributed by atoms with Crippen LogP contribution in [-0.2, 0) is 27.3 Å². The molecule has 7 nitrogen and oxygen atoms in total. The lowest BCUT2D eigenvalue weighted by molar-refractivity contribution is -0.177. The van der Waals surface area contributed by atoms with E-state index in [1.54, 1.807) is 60.7 Å². The molecule has 0 saturated carbocycles. The summed E-state index contributed by atoms with van der Waals surface area (Å²) < 4.78 is 45.3. The van der Waals surface area contributed by atoms with Crippen molar-refractivity contribution in [1.82, 2.24) is 5.32 Å². The molecule has 0 unspecified atom stereocenters. The summed E-state index contributed by atoms with van der Waals surface area (Å²) in [5.41, 5.74) is 7.79. The van der Waals surface area contributed by atoms with Crippen LogP contribution in [0.25, 0.3) is 0 Å². The van der Waals surface area contributed by atoms with E-state index in [-0.39, 0.29) is 24.2 Å². The normalized spacial score (nSPS) is 13.5. The molecule has 11 heteroatoms. The van der Waals surface area contributed by atoms with E-state index in [9.17, 15) is 32.3 Å². The number of methoxy groups -OCH3 is 1. The van der Waals surface area contributed by atoms with Crippen molar-refractivity contribution in [2.24, 2.45) is 23.5 Å². The zero-order valence-corrected chi connectivity index (χ0v) is 26.0. The summed E-state index contributed by atoms with van der Waals surface area (Å²) in [7, 11) is 1.44. The van der Waals surface area contributed by atoms with Crippen LogP contribution in [0.15, 0.2) is 72.8 Å². The van der Waals surface area contributed by atoms with Crippen LogP contribution in [0, 0.1) is 17.8 Å². The molecule has 1 amide bonds. The topological polar surface area (TPSA) is 116 Å². The number of Topliss-reactive ketones (excluding diaryl/α,β-unsaturated/α-hetero) is 3. The summed E-state index contributed by atoms with van der Waals surface area (Å²) >= 11 is 6.16. The average molecular weight is 645 g/mol. The maximum absolute atomic E-state index is 13.9. The second-order valence-corrected chi connectivity index (χ2v) is 11.6. The number of halogens is 4. The SMILES string of the molecule is COc1ccc([C@H](NC(=O)[C@@H](CC(=O)c2ccc(CN)cc2)Cc2cccc(Cl)c2)C(=O)C[C@H](C(=O)C(F)(F)F)C(C)C)cc1.